The zero-order chi connectivity index (χ0) is 12.8. The van der Waals surface area contributed by atoms with E-state index in [0.717, 1.165) is 23.3 Å². The number of hydrogen-bond donors (Lipinski definition) is 0. The summed E-state index contributed by atoms with van der Waals surface area (Å²) in [7, 11) is 0.752. The molecule has 4 heteroatoms. The smallest absolute Gasteiger partial charge is 0.333 e. The molecule has 3 nitrogen and oxygen atoms in total. The highest BCUT2D eigenvalue weighted by atomic mass is 28.2. The van der Waals surface area contributed by atoms with Crippen molar-refractivity contribution in [1.82, 2.24) is 0 Å². The number of ether oxygens (including phenoxy) is 1. The van der Waals surface area contributed by atoms with Crippen LogP contribution < -0.4 is 0 Å². The van der Waals surface area contributed by atoms with Crippen molar-refractivity contribution in [3.63, 3.8) is 0 Å². The van der Waals surface area contributed by atoms with Crippen LogP contribution in [0.3, 0.4) is 0 Å². The Hall–Kier alpha value is -0.613. The van der Waals surface area contributed by atoms with Gasteiger partial charge < -0.3 is 9.16 Å². The first-order valence-electron chi connectivity index (χ1n) is 5.69. The van der Waals surface area contributed by atoms with E-state index >= 15 is 0 Å². The van der Waals surface area contributed by atoms with E-state index in [1.54, 1.807) is 6.92 Å². The Balaban J connectivity index is 3.75. The highest BCUT2D eigenvalue weighted by molar-refractivity contribution is 5.98. The minimum atomic E-state index is -0.300. The molecule has 0 spiro atoms. The summed E-state index contributed by atoms with van der Waals surface area (Å²) in [5, 5.41) is 0. The molecule has 1 unspecified atom stereocenters. The molecule has 94 valence electrons. The van der Waals surface area contributed by atoms with E-state index in [4.69, 9.17) is 9.16 Å². The van der Waals surface area contributed by atoms with Gasteiger partial charge >= 0.3 is 5.97 Å². The normalized spacial score (nSPS) is 13.5. The average molecular weight is 244 g/mol. The van der Waals surface area contributed by atoms with Gasteiger partial charge in [-0.3, -0.25) is 0 Å². The van der Waals surface area contributed by atoms with Crippen molar-refractivity contribution in [2.24, 2.45) is 5.92 Å². The zero-order valence-corrected chi connectivity index (χ0v) is 13.1. The van der Waals surface area contributed by atoms with Gasteiger partial charge in [0.2, 0.25) is 0 Å². The quantitative estimate of drug-likeness (QED) is 0.295. The molecule has 0 aliphatic rings. The molecule has 0 fully saturated rings. The monoisotopic (exact) mass is 244 g/mol. The third-order valence-electron chi connectivity index (χ3n) is 3.08. The summed E-state index contributed by atoms with van der Waals surface area (Å²) < 4.78 is 10.6. The van der Waals surface area contributed by atoms with Crippen LogP contribution in [0.4, 0.5) is 0 Å². The lowest BCUT2D eigenvalue weighted by Crippen LogP contribution is -2.32. The highest BCUT2D eigenvalue weighted by Crippen LogP contribution is 2.23. The van der Waals surface area contributed by atoms with Gasteiger partial charge in [0.15, 0.2) is 0 Å². The standard InChI is InChI=1S/C12H24O3Si/c1-9(2)11(13)14-8-6-7-10(3)12(4,5)15-16/h10H,1,6-8H2,2-5,16H3. The SMILES string of the molecule is C=C(C)C(=O)OCCCC(C)C(C)(C)O[SiH3]. The molecule has 0 aliphatic heterocycles. The van der Waals surface area contributed by atoms with Crippen LogP contribution in [0.15, 0.2) is 12.2 Å². The maximum Gasteiger partial charge on any atom is 0.333 e. The molecule has 16 heavy (non-hydrogen) atoms. The molecule has 0 N–H and O–H groups in total. The van der Waals surface area contributed by atoms with Crippen molar-refractivity contribution >= 4 is 16.5 Å². The molecule has 0 aliphatic carbocycles. The van der Waals surface area contributed by atoms with Gasteiger partial charge in [-0.1, -0.05) is 13.5 Å². The van der Waals surface area contributed by atoms with E-state index in [1.807, 2.05) is 0 Å². The second-order valence-electron chi connectivity index (χ2n) is 4.77. The summed E-state index contributed by atoms with van der Waals surface area (Å²) in [6.07, 6.45) is 1.87. The first-order chi connectivity index (χ1) is 7.31. The van der Waals surface area contributed by atoms with Crippen LogP contribution in [0, 0.1) is 5.92 Å². The van der Waals surface area contributed by atoms with Gasteiger partial charge in [0.05, 0.1) is 12.2 Å². The fourth-order valence-corrected chi connectivity index (χ4v) is 1.63. The van der Waals surface area contributed by atoms with Crippen molar-refractivity contribution in [3.8, 4) is 0 Å². The van der Waals surface area contributed by atoms with Crippen LogP contribution >= 0.6 is 0 Å². The third kappa shape index (κ3) is 5.46. The van der Waals surface area contributed by atoms with Gasteiger partial charge in [-0.05, 0) is 39.5 Å². The first kappa shape index (κ1) is 15.4. The predicted octanol–water partition coefficient (Wildman–Crippen LogP) is 1.60. The Bertz CT molecular complexity index is 249. The van der Waals surface area contributed by atoms with Crippen molar-refractivity contribution < 1.29 is 14.0 Å². The Kier molecular flexibility index (Phi) is 6.60. The maximum atomic E-state index is 11.1. The predicted molar refractivity (Wildman–Crippen MR) is 69.3 cm³/mol. The summed E-state index contributed by atoms with van der Waals surface area (Å²) in [5.41, 5.74) is 0.390. The molecule has 0 aromatic rings. The van der Waals surface area contributed by atoms with Gasteiger partial charge in [-0.2, -0.15) is 0 Å². The zero-order valence-electron chi connectivity index (χ0n) is 11.1. The molecule has 0 amide bonds. The van der Waals surface area contributed by atoms with E-state index in [-0.39, 0.29) is 11.6 Å². The first-order valence-corrected chi connectivity index (χ1v) is 6.50. The largest absolute Gasteiger partial charge is 0.462 e. The fraction of sp³-hybridized carbons (Fsp3) is 0.750. The summed E-state index contributed by atoms with van der Waals surface area (Å²) in [4.78, 5) is 11.1. The van der Waals surface area contributed by atoms with Crippen LogP contribution in [0.2, 0.25) is 0 Å². The van der Waals surface area contributed by atoms with Crippen molar-refractivity contribution in [2.45, 2.75) is 46.1 Å². The molecule has 0 heterocycles. The lowest BCUT2D eigenvalue weighted by Gasteiger charge is -2.31. The molecule has 0 saturated heterocycles. The lowest BCUT2D eigenvalue weighted by atomic mass is 9.89. The van der Waals surface area contributed by atoms with Crippen molar-refractivity contribution in [2.75, 3.05) is 6.61 Å². The average Bonchev–Trinajstić information content (AvgIpc) is 2.23. The van der Waals surface area contributed by atoms with E-state index < -0.39 is 0 Å². The molecule has 0 aromatic carbocycles. The Morgan fingerprint density at radius 1 is 1.50 bits per heavy atom. The van der Waals surface area contributed by atoms with Crippen LogP contribution in [-0.4, -0.2) is 28.7 Å². The van der Waals surface area contributed by atoms with Crippen molar-refractivity contribution in [3.05, 3.63) is 12.2 Å². The van der Waals surface area contributed by atoms with Gasteiger partial charge in [0.25, 0.3) is 0 Å². The van der Waals surface area contributed by atoms with Crippen molar-refractivity contribution in [1.29, 1.82) is 0 Å². The molecule has 0 saturated carbocycles. The molecule has 0 bridgehead atoms. The number of rotatable bonds is 7. The van der Waals surface area contributed by atoms with Crippen LogP contribution in [0.5, 0.6) is 0 Å². The summed E-state index contributed by atoms with van der Waals surface area (Å²) in [5.74, 6) is 0.166. The molecule has 0 aromatic heterocycles. The van der Waals surface area contributed by atoms with E-state index in [9.17, 15) is 4.79 Å². The minimum Gasteiger partial charge on any atom is -0.462 e. The lowest BCUT2D eigenvalue weighted by molar-refractivity contribution is -0.139. The van der Waals surface area contributed by atoms with Crippen LogP contribution in [-0.2, 0) is 14.0 Å². The second kappa shape index (κ2) is 6.86. The van der Waals surface area contributed by atoms with Gasteiger partial charge in [0.1, 0.15) is 10.5 Å². The van der Waals surface area contributed by atoms with Gasteiger partial charge in [0, 0.05) is 5.57 Å². The minimum absolute atomic E-state index is 0.0649. The van der Waals surface area contributed by atoms with E-state index in [0.29, 0.717) is 18.1 Å². The second-order valence-corrected chi connectivity index (χ2v) is 5.18. The van der Waals surface area contributed by atoms with Crippen LogP contribution in [0.1, 0.15) is 40.5 Å². The van der Waals surface area contributed by atoms with Gasteiger partial charge in [-0.25, -0.2) is 4.79 Å². The highest BCUT2D eigenvalue weighted by Gasteiger charge is 2.23. The van der Waals surface area contributed by atoms with Crippen LogP contribution in [0.25, 0.3) is 0 Å². The maximum absolute atomic E-state index is 11.1. The molecular formula is C12H24O3Si. The number of esters is 1. The topological polar surface area (TPSA) is 35.5 Å². The Morgan fingerprint density at radius 2 is 2.06 bits per heavy atom. The Morgan fingerprint density at radius 3 is 2.50 bits per heavy atom. The van der Waals surface area contributed by atoms with Gasteiger partial charge in [-0.15, -0.1) is 0 Å². The number of carbonyl (C=O) groups is 1. The molecule has 0 rings (SSSR count). The molecule has 1 atom stereocenters. The van der Waals surface area contributed by atoms with E-state index in [1.165, 1.54) is 0 Å². The molecule has 0 radical (unpaired) electrons. The summed E-state index contributed by atoms with van der Waals surface area (Å²) >= 11 is 0. The third-order valence-corrected chi connectivity index (χ3v) is 4.13. The summed E-state index contributed by atoms with van der Waals surface area (Å²) in [6, 6.07) is 0. The number of hydrogen-bond acceptors (Lipinski definition) is 3. The fourth-order valence-electron chi connectivity index (χ4n) is 1.23. The van der Waals surface area contributed by atoms with E-state index in [2.05, 4.69) is 27.4 Å². The Labute approximate surface area is 102 Å². The summed E-state index contributed by atoms with van der Waals surface area (Å²) in [6.45, 7) is 12.0. The molecular weight excluding hydrogens is 220 g/mol. The number of carbonyl (C=O) groups excluding carboxylic acids is 1.